The van der Waals surface area contributed by atoms with Gasteiger partial charge in [-0.15, -0.1) is 23.1 Å². The van der Waals surface area contributed by atoms with Crippen LogP contribution in [0.15, 0.2) is 34.5 Å². The number of nitrogens with zero attached hydrogens (tertiary/aromatic N) is 1. The second kappa shape index (κ2) is 5.48. The largest absolute Gasteiger partial charge is 0.325 e. The molecule has 0 aliphatic heterocycles. The smallest absolute Gasteiger partial charge is 0.103 e. The third-order valence-corrected chi connectivity index (χ3v) is 4.52. The van der Waals surface area contributed by atoms with E-state index < -0.39 is 0 Å². The molecule has 0 spiro atoms. The van der Waals surface area contributed by atoms with Gasteiger partial charge in [0.2, 0.25) is 0 Å². The van der Waals surface area contributed by atoms with Gasteiger partial charge in [-0.3, -0.25) is 0 Å². The first kappa shape index (κ1) is 11.6. The van der Waals surface area contributed by atoms with E-state index in [9.17, 15) is 0 Å². The molecule has 0 amide bonds. The number of aromatic nitrogens is 1. The molecule has 84 valence electrons. The molecule has 2 aromatic rings. The molecule has 2 rings (SSSR count). The molecule has 0 radical (unpaired) electrons. The van der Waals surface area contributed by atoms with Crippen molar-refractivity contribution in [1.29, 1.82) is 0 Å². The molecular weight excluding hydrogens is 236 g/mol. The summed E-state index contributed by atoms with van der Waals surface area (Å²) in [5, 5.41) is 3.18. The van der Waals surface area contributed by atoms with Gasteiger partial charge in [0.15, 0.2) is 0 Å². The Hall–Kier alpha value is -0.840. The van der Waals surface area contributed by atoms with Gasteiger partial charge < -0.3 is 5.73 Å². The van der Waals surface area contributed by atoms with E-state index in [0.29, 0.717) is 6.54 Å². The van der Waals surface area contributed by atoms with E-state index in [1.165, 1.54) is 10.5 Å². The van der Waals surface area contributed by atoms with Crippen LogP contribution in [-0.2, 0) is 12.3 Å². The molecule has 0 saturated heterocycles. The molecule has 0 aliphatic rings. The van der Waals surface area contributed by atoms with Crippen molar-refractivity contribution < 1.29 is 0 Å². The van der Waals surface area contributed by atoms with Gasteiger partial charge in [-0.2, -0.15) is 0 Å². The molecule has 1 aromatic heterocycles. The predicted molar refractivity (Wildman–Crippen MR) is 70.7 cm³/mol. The van der Waals surface area contributed by atoms with Gasteiger partial charge >= 0.3 is 0 Å². The SMILES string of the molecule is Cc1ccccc1SCc1nc(CN)cs1. The quantitative estimate of drug-likeness (QED) is 0.847. The summed E-state index contributed by atoms with van der Waals surface area (Å²) in [4.78, 5) is 5.77. The molecule has 1 heterocycles. The van der Waals surface area contributed by atoms with E-state index in [0.717, 1.165) is 16.5 Å². The number of aryl methyl sites for hydroxylation is 1. The molecule has 16 heavy (non-hydrogen) atoms. The minimum absolute atomic E-state index is 0.533. The third kappa shape index (κ3) is 2.84. The number of thioether (sulfide) groups is 1. The molecule has 0 aliphatic carbocycles. The first-order chi connectivity index (χ1) is 7.79. The molecule has 0 saturated carbocycles. The standard InChI is InChI=1S/C12H14N2S2/c1-9-4-2-3-5-11(9)15-8-12-14-10(6-13)7-16-12/h2-5,7H,6,8,13H2,1H3. The Kier molecular flexibility index (Phi) is 3.98. The minimum atomic E-state index is 0.533. The molecule has 0 atom stereocenters. The molecule has 4 heteroatoms. The number of rotatable bonds is 4. The highest BCUT2D eigenvalue weighted by Gasteiger charge is 2.03. The maximum atomic E-state index is 5.53. The highest BCUT2D eigenvalue weighted by Crippen LogP contribution is 2.26. The van der Waals surface area contributed by atoms with Crippen LogP contribution >= 0.6 is 23.1 Å². The van der Waals surface area contributed by atoms with Gasteiger partial charge in [-0.05, 0) is 18.6 Å². The van der Waals surface area contributed by atoms with Crippen LogP contribution in [0.2, 0.25) is 0 Å². The Balaban J connectivity index is 1.99. The van der Waals surface area contributed by atoms with Crippen LogP contribution in [0.4, 0.5) is 0 Å². The fraction of sp³-hybridized carbons (Fsp3) is 0.250. The van der Waals surface area contributed by atoms with E-state index in [2.05, 4.69) is 36.2 Å². The van der Waals surface area contributed by atoms with Crippen molar-refractivity contribution in [3.05, 3.63) is 45.9 Å². The highest BCUT2D eigenvalue weighted by molar-refractivity contribution is 7.98. The molecule has 0 fully saturated rings. The van der Waals surface area contributed by atoms with Gasteiger partial charge in [0.1, 0.15) is 5.01 Å². The fourth-order valence-electron chi connectivity index (χ4n) is 1.37. The molecule has 2 nitrogen and oxygen atoms in total. The van der Waals surface area contributed by atoms with Crippen molar-refractivity contribution in [2.75, 3.05) is 0 Å². The summed E-state index contributed by atoms with van der Waals surface area (Å²) in [5.74, 6) is 0.926. The number of thiazole rings is 1. The summed E-state index contributed by atoms with van der Waals surface area (Å²) in [6, 6.07) is 8.42. The summed E-state index contributed by atoms with van der Waals surface area (Å²) in [5.41, 5.74) is 7.85. The third-order valence-electron chi connectivity index (χ3n) is 2.25. The Labute approximate surface area is 104 Å². The maximum Gasteiger partial charge on any atom is 0.103 e. The average molecular weight is 250 g/mol. The van der Waals surface area contributed by atoms with Crippen LogP contribution < -0.4 is 5.73 Å². The maximum absolute atomic E-state index is 5.53. The Morgan fingerprint density at radius 2 is 2.19 bits per heavy atom. The van der Waals surface area contributed by atoms with E-state index in [-0.39, 0.29) is 0 Å². The Bertz CT molecular complexity index is 466. The number of hydrogen-bond acceptors (Lipinski definition) is 4. The van der Waals surface area contributed by atoms with Crippen LogP contribution in [0.3, 0.4) is 0 Å². The van der Waals surface area contributed by atoms with E-state index in [1.807, 2.05) is 17.1 Å². The van der Waals surface area contributed by atoms with Crippen LogP contribution in [0.1, 0.15) is 16.3 Å². The second-order valence-electron chi connectivity index (χ2n) is 3.49. The highest BCUT2D eigenvalue weighted by atomic mass is 32.2. The van der Waals surface area contributed by atoms with Gasteiger partial charge in [0.05, 0.1) is 11.4 Å². The van der Waals surface area contributed by atoms with Crippen LogP contribution in [-0.4, -0.2) is 4.98 Å². The van der Waals surface area contributed by atoms with E-state index in [4.69, 9.17) is 5.73 Å². The van der Waals surface area contributed by atoms with E-state index in [1.54, 1.807) is 11.3 Å². The monoisotopic (exact) mass is 250 g/mol. The van der Waals surface area contributed by atoms with Gasteiger partial charge in [-0.25, -0.2) is 4.98 Å². The fourth-order valence-corrected chi connectivity index (χ4v) is 3.22. The molecular formula is C12H14N2S2. The summed E-state index contributed by atoms with van der Waals surface area (Å²) >= 11 is 3.52. The zero-order valence-electron chi connectivity index (χ0n) is 9.14. The molecule has 0 unspecified atom stereocenters. The lowest BCUT2D eigenvalue weighted by molar-refractivity contribution is 0.996. The summed E-state index contributed by atoms with van der Waals surface area (Å²) in [7, 11) is 0. The number of benzene rings is 1. The molecule has 1 aromatic carbocycles. The lowest BCUT2D eigenvalue weighted by Crippen LogP contribution is -1.96. The van der Waals surface area contributed by atoms with Gasteiger partial charge in [-0.1, -0.05) is 18.2 Å². The van der Waals surface area contributed by atoms with Crippen LogP contribution in [0.5, 0.6) is 0 Å². The Morgan fingerprint density at radius 1 is 1.38 bits per heavy atom. The van der Waals surface area contributed by atoms with Gasteiger partial charge in [0, 0.05) is 16.8 Å². The normalized spacial score (nSPS) is 10.6. The van der Waals surface area contributed by atoms with Gasteiger partial charge in [0.25, 0.3) is 0 Å². The Morgan fingerprint density at radius 3 is 2.88 bits per heavy atom. The summed E-state index contributed by atoms with van der Waals surface area (Å²) < 4.78 is 0. The topological polar surface area (TPSA) is 38.9 Å². The van der Waals surface area contributed by atoms with Crippen LogP contribution in [0.25, 0.3) is 0 Å². The molecule has 2 N–H and O–H groups in total. The van der Waals surface area contributed by atoms with Crippen molar-refractivity contribution >= 4 is 23.1 Å². The zero-order valence-corrected chi connectivity index (χ0v) is 10.8. The first-order valence-electron chi connectivity index (χ1n) is 5.11. The van der Waals surface area contributed by atoms with Crippen molar-refractivity contribution in [1.82, 2.24) is 4.98 Å². The zero-order chi connectivity index (χ0) is 11.4. The predicted octanol–water partition coefficient (Wildman–Crippen LogP) is 3.20. The van der Waals surface area contributed by atoms with Crippen molar-refractivity contribution in [3.63, 3.8) is 0 Å². The minimum Gasteiger partial charge on any atom is -0.325 e. The number of nitrogens with two attached hydrogens (primary N) is 1. The lowest BCUT2D eigenvalue weighted by atomic mass is 10.2. The summed E-state index contributed by atoms with van der Waals surface area (Å²) in [6.07, 6.45) is 0. The van der Waals surface area contributed by atoms with E-state index >= 15 is 0 Å². The average Bonchev–Trinajstić information content (AvgIpc) is 2.76. The summed E-state index contributed by atoms with van der Waals surface area (Å²) in [6.45, 7) is 2.67. The van der Waals surface area contributed by atoms with Crippen molar-refractivity contribution in [3.8, 4) is 0 Å². The number of hydrogen-bond donors (Lipinski definition) is 1. The van der Waals surface area contributed by atoms with Crippen LogP contribution in [0, 0.1) is 6.92 Å². The second-order valence-corrected chi connectivity index (χ2v) is 5.45. The first-order valence-corrected chi connectivity index (χ1v) is 6.98. The lowest BCUT2D eigenvalue weighted by Gasteiger charge is -2.02. The molecule has 0 bridgehead atoms. The van der Waals surface area contributed by atoms with Crippen molar-refractivity contribution in [2.24, 2.45) is 5.73 Å². The van der Waals surface area contributed by atoms with Crippen molar-refractivity contribution in [2.45, 2.75) is 24.1 Å².